The smallest absolute Gasteiger partial charge is 0.222 e. The van der Waals surface area contributed by atoms with Crippen LogP contribution in [0.5, 0.6) is 11.5 Å². The van der Waals surface area contributed by atoms with Crippen LogP contribution in [0.25, 0.3) is 0 Å². The van der Waals surface area contributed by atoms with Crippen LogP contribution >= 0.6 is 15.9 Å². The molecule has 1 heterocycles. The zero-order chi connectivity index (χ0) is 13.7. The highest BCUT2D eigenvalue weighted by Crippen LogP contribution is 2.25. The number of halogens is 1. The summed E-state index contributed by atoms with van der Waals surface area (Å²) in [4.78, 5) is 8.30. The monoisotopic (exact) mass is 323 g/mol. The van der Waals surface area contributed by atoms with Gasteiger partial charge in [-0.05, 0) is 28.1 Å². The molecule has 0 radical (unpaired) electrons. The number of benzene rings is 1. The summed E-state index contributed by atoms with van der Waals surface area (Å²) in [7, 11) is 3.26. The second kappa shape index (κ2) is 6.38. The van der Waals surface area contributed by atoms with Gasteiger partial charge in [0, 0.05) is 30.6 Å². The Morgan fingerprint density at radius 1 is 1.16 bits per heavy atom. The maximum absolute atomic E-state index is 5.33. The van der Waals surface area contributed by atoms with Crippen molar-refractivity contribution in [3.63, 3.8) is 0 Å². The maximum atomic E-state index is 5.33. The van der Waals surface area contributed by atoms with Crippen LogP contribution in [0.4, 0.5) is 5.95 Å². The van der Waals surface area contributed by atoms with Crippen molar-refractivity contribution in [3.05, 3.63) is 40.6 Å². The Balaban J connectivity index is 2.08. The molecule has 0 spiro atoms. The van der Waals surface area contributed by atoms with Crippen molar-refractivity contribution < 1.29 is 9.47 Å². The summed E-state index contributed by atoms with van der Waals surface area (Å²) in [6.07, 6.45) is 3.39. The first-order chi connectivity index (χ1) is 9.22. The van der Waals surface area contributed by atoms with Gasteiger partial charge in [-0.25, -0.2) is 9.97 Å². The summed E-state index contributed by atoms with van der Waals surface area (Å²) in [5, 5.41) is 3.14. The summed E-state index contributed by atoms with van der Waals surface area (Å²) in [6, 6.07) is 5.69. The van der Waals surface area contributed by atoms with E-state index in [9.17, 15) is 0 Å². The van der Waals surface area contributed by atoms with E-state index >= 15 is 0 Å². The van der Waals surface area contributed by atoms with Crippen LogP contribution in [0.1, 0.15) is 5.56 Å². The van der Waals surface area contributed by atoms with Crippen molar-refractivity contribution >= 4 is 21.9 Å². The number of nitrogens with one attached hydrogen (secondary N) is 1. The van der Waals surface area contributed by atoms with Gasteiger partial charge in [0.25, 0.3) is 0 Å². The van der Waals surface area contributed by atoms with Crippen LogP contribution in [-0.4, -0.2) is 24.2 Å². The molecule has 0 aliphatic heterocycles. The minimum Gasteiger partial charge on any atom is -0.497 e. The van der Waals surface area contributed by atoms with Gasteiger partial charge >= 0.3 is 0 Å². The second-order valence-electron chi connectivity index (χ2n) is 3.76. The van der Waals surface area contributed by atoms with Gasteiger partial charge in [0.15, 0.2) is 0 Å². The molecule has 1 aromatic heterocycles. The number of methoxy groups -OCH3 is 2. The van der Waals surface area contributed by atoms with Crippen molar-refractivity contribution in [2.24, 2.45) is 0 Å². The minimum atomic E-state index is 0.570. The number of anilines is 1. The molecule has 0 saturated carbocycles. The fourth-order valence-corrected chi connectivity index (χ4v) is 1.78. The number of rotatable bonds is 5. The molecule has 0 saturated heterocycles. The predicted molar refractivity (Wildman–Crippen MR) is 76.6 cm³/mol. The average Bonchev–Trinajstić information content (AvgIpc) is 2.46. The molecule has 0 amide bonds. The van der Waals surface area contributed by atoms with Gasteiger partial charge in [-0.2, -0.15) is 0 Å². The highest BCUT2D eigenvalue weighted by Gasteiger charge is 2.05. The van der Waals surface area contributed by atoms with Gasteiger partial charge in [0.1, 0.15) is 11.5 Å². The first kappa shape index (κ1) is 13.6. The first-order valence-electron chi connectivity index (χ1n) is 5.65. The summed E-state index contributed by atoms with van der Waals surface area (Å²) in [5.41, 5.74) is 1.01. The van der Waals surface area contributed by atoms with Crippen molar-refractivity contribution in [1.82, 2.24) is 9.97 Å². The Morgan fingerprint density at radius 3 is 2.53 bits per heavy atom. The molecule has 2 rings (SSSR count). The van der Waals surface area contributed by atoms with Crippen molar-refractivity contribution in [2.45, 2.75) is 6.54 Å². The first-order valence-corrected chi connectivity index (χ1v) is 6.44. The van der Waals surface area contributed by atoms with E-state index in [0.29, 0.717) is 12.5 Å². The van der Waals surface area contributed by atoms with Gasteiger partial charge in [-0.1, -0.05) is 0 Å². The van der Waals surface area contributed by atoms with Gasteiger partial charge in [0.05, 0.1) is 18.7 Å². The van der Waals surface area contributed by atoms with Crippen LogP contribution < -0.4 is 14.8 Å². The maximum Gasteiger partial charge on any atom is 0.222 e. The molecule has 6 heteroatoms. The Hall–Kier alpha value is -1.82. The average molecular weight is 324 g/mol. The molecule has 5 nitrogen and oxygen atoms in total. The molecule has 0 atom stereocenters. The lowest BCUT2D eigenvalue weighted by atomic mass is 10.2. The summed E-state index contributed by atoms with van der Waals surface area (Å²) in [5.74, 6) is 2.10. The molecule has 0 aliphatic rings. The fraction of sp³-hybridized carbons (Fsp3) is 0.231. The molecule has 1 N–H and O–H groups in total. The molecule has 1 aromatic carbocycles. The summed E-state index contributed by atoms with van der Waals surface area (Å²) < 4.78 is 11.3. The van der Waals surface area contributed by atoms with E-state index in [0.717, 1.165) is 21.5 Å². The fourth-order valence-electron chi connectivity index (χ4n) is 1.58. The normalized spacial score (nSPS) is 10.1. The molecule has 0 aliphatic carbocycles. The Kier molecular flexibility index (Phi) is 4.57. The summed E-state index contributed by atoms with van der Waals surface area (Å²) in [6.45, 7) is 0.578. The lowest BCUT2D eigenvalue weighted by Crippen LogP contribution is -2.04. The van der Waals surface area contributed by atoms with Crippen LogP contribution in [-0.2, 0) is 6.54 Å². The van der Waals surface area contributed by atoms with E-state index in [2.05, 4.69) is 31.2 Å². The number of hydrogen-bond donors (Lipinski definition) is 1. The van der Waals surface area contributed by atoms with Gasteiger partial charge in [0.2, 0.25) is 5.95 Å². The van der Waals surface area contributed by atoms with E-state index in [4.69, 9.17) is 9.47 Å². The van der Waals surface area contributed by atoms with E-state index in [-0.39, 0.29) is 0 Å². The SMILES string of the molecule is COc1ccc(CNc2ncc(Br)cn2)c(OC)c1. The predicted octanol–water partition coefficient (Wildman–Crippen LogP) is 2.87. The van der Waals surface area contributed by atoms with E-state index in [1.54, 1.807) is 26.6 Å². The highest BCUT2D eigenvalue weighted by molar-refractivity contribution is 9.10. The number of aromatic nitrogens is 2. The number of nitrogens with zero attached hydrogens (tertiary/aromatic N) is 2. The van der Waals surface area contributed by atoms with Crippen LogP contribution in [0, 0.1) is 0 Å². The largest absolute Gasteiger partial charge is 0.497 e. The highest BCUT2D eigenvalue weighted by atomic mass is 79.9. The van der Waals surface area contributed by atoms with E-state index in [1.165, 1.54) is 0 Å². The topological polar surface area (TPSA) is 56.3 Å². The third kappa shape index (κ3) is 3.57. The van der Waals surface area contributed by atoms with Gasteiger partial charge in [-0.15, -0.1) is 0 Å². The Labute approximate surface area is 120 Å². The van der Waals surface area contributed by atoms with Gasteiger partial charge < -0.3 is 14.8 Å². The quantitative estimate of drug-likeness (QED) is 0.916. The zero-order valence-electron chi connectivity index (χ0n) is 10.7. The molecular weight excluding hydrogens is 310 g/mol. The molecule has 0 bridgehead atoms. The van der Waals surface area contributed by atoms with Crippen LogP contribution in [0.15, 0.2) is 35.1 Å². The minimum absolute atomic E-state index is 0.570. The molecule has 2 aromatic rings. The zero-order valence-corrected chi connectivity index (χ0v) is 12.3. The second-order valence-corrected chi connectivity index (χ2v) is 4.67. The lowest BCUT2D eigenvalue weighted by Gasteiger charge is -2.11. The van der Waals surface area contributed by atoms with E-state index in [1.807, 2.05) is 18.2 Å². The third-order valence-corrected chi connectivity index (χ3v) is 2.96. The molecular formula is C13H14BrN3O2. The molecule has 0 fully saturated rings. The van der Waals surface area contributed by atoms with Crippen molar-refractivity contribution in [2.75, 3.05) is 19.5 Å². The lowest BCUT2D eigenvalue weighted by molar-refractivity contribution is 0.391. The Bertz CT molecular complexity index is 546. The van der Waals surface area contributed by atoms with Crippen molar-refractivity contribution in [3.8, 4) is 11.5 Å². The third-order valence-electron chi connectivity index (χ3n) is 2.55. The summed E-state index contributed by atoms with van der Waals surface area (Å²) >= 11 is 3.29. The van der Waals surface area contributed by atoms with Gasteiger partial charge in [-0.3, -0.25) is 0 Å². The standard InChI is InChI=1S/C13H14BrN3O2/c1-18-11-4-3-9(12(5-11)19-2)6-15-13-16-7-10(14)8-17-13/h3-5,7-8H,6H2,1-2H3,(H,15,16,17). The molecule has 19 heavy (non-hydrogen) atoms. The number of ether oxygens (including phenoxy) is 2. The van der Waals surface area contributed by atoms with Crippen LogP contribution in [0.2, 0.25) is 0 Å². The number of hydrogen-bond acceptors (Lipinski definition) is 5. The van der Waals surface area contributed by atoms with E-state index < -0.39 is 0 Å². The van der Waals surface area contributed by atoms with Crippen molar-refractivity contribution in [1.29, 1.82) is 0 Å². The Morgan fingerprint density at radius 2 is 1.89 bits per heavy atom. The molecule has 100 valence electrons. The molecule has 0 unspecified atom stereocenters. The van der Waals surface area contributed by atoms with Crippen LogP contribution in [0.3, 0.4) is 0 Å².